The minimum Gasteiger partial charge on any atom is -0.390 e. The number of phosphoric acid groups is 5. The zero-order valence-electron chi connectivity index (χ0n) is 53.1. The van der Waals surface area contributed by atoms with E-state index >= 15 is 0 Å². The van der Waals surface area contributed by atoms with Crippen molar-refractivity contribution in [2.45, 2.75) is 124 Å². The second-order valence-corrected chi connectivity index (χ2v) is 30.6. The molecule has 13 heterocycles. The van der Waals surface area contributed by atoms with Gasteiger partial charge >= 0.3 is 50.5 Å². The van der Waals surface area contributed by atoms with Crippen molar-refractivity contribution < 1.29 is 122 Å². The molecule has 57 heteroatoms. The van der Waals surface area contributed by atoms with Crippen LogP contribution in [0.3, 0.4) is 0 Å². The minimum absolute atomic E-state index is 0.0939. The fourth-order valence-electron chi connectivity index (χ4n) is 12.0. The van der Waals surface area contributed by atoms with Crippen molar-refractivity contribution in [3.63, 3.8) is 0 Å². The fourth-order valence-corrected chi connectivity index (χ4v) is 16.1. The molecule has 8 aromatic rings. The average Bonchev–Trinajstić information content (AvgIpc) is 1.63. The molecule has 0 bridgehead atoms. The van der Waals surface area contributed by atoms with Crippen LogP contribution in [0.1, 0.15) is 63.2 Å². The maximum atomic E-state index is 14.3. The number of hydrogen-bond acceptors (Lipinski definition) is 38. The Bertz CT molecular complexity index is 5190. The molecule has 0 radical (unpaired) electrons. The summed E-state index contributed by atoms with van der Waals surface area (Å²) in [5, 5.41) is 10.8. The number of nitrogens with two attached hydrogens (primary N) is 5. The van der Waals surface area contributed by atoms with Crippen LogP contribution in [0, 0.1) is 0 Å². The van der Waals surface area contributed by atoms with Crippen LogP contribution in [-0.4, -0.2) is 206 Å². The summed E-state index contributed by atoms with van der Waals surface area (Å²) in [7, 11) is -27.2. The number of H-pyrrole nitrogens is 3. The maximum Gasteiger partial charge on any atom is 0.472 e. The van der Waals surface area contributed by atoms with Crippen molar-refractivity contribution in [3.05, 3.63) is 95.5 Å². The lowest BCUT2D eigenvalue weighted by molar-refractivity contribution is -0.0637. The first-order chi connectivity index (χ1) is 49.5. The van der Waals surface area contributed by atoms with E-state index in [4.69, 9.17) is 88.5 Å². The van der Waals surface area contributed by atoms with Crippen LogP contribution in [0.15, 0.2) is 67.5 Å². The highest BCUT2D eigenvalue weighted by atomic mass is 31.2. The lowest BCUT2D eigenvalue weighted by Gasteiger charge is -2.25. The van der Waals surface area contributed by atoms with Gasteiger partial charge in [-0.25, -0.2) is 47.4 Å². The van der Waals surface area contributed by atoms with E-state index < -0.39 is 218 Å². The average molecular weight is 1580 g/mol. The van der Waals surface area contributed by atoms with E-state index in [2.05, 4.69) is 59.3 Å². The van der Waals surface area contributed by atoms with Crippen LogP contribution >= 0.6 is 39.1 Å². The first-order valence-corrected chi connectivity index (χ1v) is 38.1. The second-order valence-electron chi connectivity index (χ2n) is 23.7. The molecule has 570 valence electrons. The molecule has 19 atom stereocenters. The molecule has 5 aliphatic heterocycles. The molecule has 105 heavy (non-hydrogen) atoms. The lowest BCUT2D eigenvalue weighted by atomic mass is 10.2. The Morgan fingerprint density at radius 2 is 0.686 bits per heavy atom. The van der Waals surface area contributed by atoms with Crippen molar-refractivity contribution >= 4 is 102 Å². The smallest absolute Gasteiger partial charge is 0.390 e. The van der Waals surface area contributed by atoms with E-state index in [9.17, 15) is 81.3 Å². The SMILES string of the molecule is Nc1ccn([C@H]2C[C@H](OP(=O)(O)OC[C@H]3O[C@@H](n4cnc5c(=O)[nH]c(N)nc54)C[C@@H]3OP(=O)(O)OC[C@H]3O[C@@H](n4cnc5c(=O)[nH]c(N)nc54)C[C@@H]3OP(=O)(O)OC[C@H]3O[C@@H](n4ccc(N)nc4=O)C[C@@H]3O)[C@@H](COP(=O)(O)O[C@H]3C[C@H](n4cnc5c(=O)[nH]c(N)nc54)O[C@@H]3COP(=O)(O)O)O2)c(=O)n1. The van der Waals surface area contributed by atoms with Gasteiger partial charge in [0.05, 0.1) is 58.1 Å². The van der Waals surface area contributed by atoms with Gasteiger partial charge in [0, 0.05) is 44.5 Å². The van der Waals surface area contributed by atoms with Crippen LogP contribution in [0.4, 0.5) is 29.5 Å². The number of phosphoric ester groups is 5. The lowest BCUT2D eigenvalue weighted by Crippen LogP contribution is -2.32. The number of aliphatic hydroxyl groups excluding tert-OH is 1. The predicted octanol–water partition coefficient (Wildman–Crippen LogP) is -3.27. The number of hydrogen-bond donors (Lipinski definition) is 15. The third-order valence-electron chi connectivity index (χ3n) is 16.6. The molecular formula is C48H62N21O31P5. The van der Waals surface area contributed by atoms with E-state index in [1.807, 2.05) is 0 Å². The van der Waals surface area contributed by atoms with E-state index in [0.717, 1.165) is 38.9 Å². The zero-order valence-corrected chi connectivity index (χ0v) is 57.6. The molecule has 0 amide bonds. The quantitative estimate of drug-likeness (QED) is 0.0214. The number of nitrogens with zero attached hydrogens (tertiary/aromatic N) is 13. The molecule has 8 aromatic heterocycles. The number of nitrogen functional groups attached to an aromatic ring is 5. The van der Waals surface area contributed by atoms with Crippen molar-refractivity contribution in [1.29, 1.82) is 0 Å². The number of fused-ring (bicyclic) bond motifs is 3. The molecule has 0 spiro atoms. The molecule has 5 fully saturated rings. The van der Waals surface area contributed by atoms with Gasteiger partial charge in [-0.2, -0.15) is 24.9 Å². The Balaban J connectivity index is 0.712. The number of imidazole rings is 3. The Kier molecular flexibility index (Phi) is 21.1. The van der Waals surface area contributed by atoms with Gasteiger partial charge in [-0.05, 0) is 12.1 Å². The summed E-state index contributed by atoms with van der Waals surface area (Å²) in [5.41, 5.74) is 23.4. The summed E-state index contributed by atoms with van der Waals surface area (Å²) in [4.78, 5) is 167. The molecule has 20 N–H and O–H groups in total. The number of rotatable bonds is 28. The standard InChI is InChI=1S/C48H62N21O31P5/c49-28-1-3-65(47(74)57-28)30-5-18(70)23(92-30)10-88-102(79,80)99-21-8-33(68-16-55-36-39(68)60-45(52)63-42(36)72)95-26(21)13-91-105(85,86)100-22-9-34(69-17-56-37-40(69)61-46(53)64-43(37)73)96-27(22)14-90-103(81,82)97-19-6-31(66-4-2-29(50)58-48(66)75)93-25(19)12-89-104(83,84)98-20-7-32(94-24(20)11-87-101(76,77)78)67-15-54-35-38(67)59-44(51)62-41(35)71/h1-4,15-27,30-34,70H,5-14H2,(H,79,80)(H,81,82)(H,83,84)(H,85,86)(H2,49,57,74)(H2,50,58,75)(H2,76,77,78)(H3,51,59,62,71)(H3,52,60,63,72)(H3,53,61,64,73)/t18-,19-,20-,21-,22-,23+,24+,25+,26+,27+,30+,31+,32+,33+,34+/m0/s1. The molecule has 52 nitrogen and oxygen atoms in total. The third-order valence-corrected chi connectivity index (χ3v) is 21.2. The van der Waals surface area contributed by atoms with Gasteiger partial charge in [0.25, 0.3) is 16.7 Å². The van der Waals surface area contributed by atoms with Gasteiger partial charge in [0.15, 0.2) is 33.5 Å². The van der Waals surface area contributed by atoms with Crippen LogP contribution < -0.4 is 56.7 Å². The molecule has 5 aliphatic rings. The van der Waals surface area contributed by atoms with Gasteiger partial charge in [-0.1, -0.05) is 0 Å². The van der Waals surface area contributed by atoms with Crippen LogP contribution in [0.5, 0.6) is 0 Å². The van der Waals surface area contributed by atoms with Crippen LogP contribution in [0.2, 0.25) is 0 Å². The summed E-state index contributed by atoms with van der Waals surface area (Å²) < 4.78 is 152. The van der Waals surface area contributed by atoms with Gasteiger partial charge < -0.3 is 86.8 Å². The van der Waals surface area contributed by atoms with Crippen LogP contribution in [-0.2, 0) is 87.2 Å². The molecule has 0 saturated carbocycles. The number of aromatic amines is 3. The van der Waals surface area contributed by atoms with Crippen molar-refractivity contribution in [2.24, 2.45) is 0 Å². The molecule has 5 saturated heterocycles. The molecular weight excluding hydrogens is 1520 g/mol. The normalized spacial score (nSPS) is 28.9. The summed E-state index contributed by atoms with van der Waals surface area (Å²) >= 11 is 0. The van der Waals surface area contributed by atoms with Crippen molar-refractivity contribution in [3.8, 4) is 0 Å². The summed E-state index contributed by atoms with van der Waals surface area (Å²) in [5.74, 6) is -1.40. The Morgan fingerprint density at radius 3 is 0.990 bits per heavy atom. The zero-order chi connectivity index (χ0) is 75.0. The van der Waals surface area contributed by atoms with E-state index in [0.29, 0.717) is 0 Å². The second kappa shape index (κ2) is 29.4. The predicted molar refractivity (Wildman–Crippen MR) is 343 cm³/mol. The molecule has 0 aliphatic carbocycles. The fraction of sp³-hybridized carbons (Fsp3) is 0.521. The van der Waals surface area contributed by atoms with Gasteiger partial charge in [-0.3, -0.25) is 92.9 Å². The Hall–Kier alpha value is -7.88. The Morgan fingerprint density at radius 1 is 0.410 bits per heavy atom. The summed E-state index contributed by atoms with van der Waals surface area (Å²) in [6.07, 6.45) is -19.3. The molecule has 0 aromatic carbocycles. The highest BCUT2D eigenvalue weighted by Gasteiger charge is 2.50. The van der Waals surface area contributed by atoms with Gasteiger partial charge in [0.1, 0.15) is 97.7 Å². The monoisotopic (exact) mass is 1580 g/mol. The number of ether oxygens (including phenoxy) is 5. The number of aromatic nitrogens is 16. The largest absolute Gasteiger partial charge is 0.472 e. The summed E-state index contributed by atoms with van der Waals surface area (Å²) in [6.45, 7) is -5.03. The molecule has 4 unspecified atom stereocenters. The number of nitrogens with one attached hydrogen (secondary N) is 3. The van der Waals surface area contributed by atoms with Crippen molar-refractivity contribution in [1.82, 2.24) is 77.7 Å². The molecule has 13 rings (SSSR count). The summed E-state index contributed by atoms with van der Waals surface area (Å²) in [6, 6.07) is 2.48. The number of anilines is 5. The van der Waals surface area contributed by atoms with Gasteiger partial charge in [-0.15, -0.1) is 0 Å². The van der Waals surface area contributed by atoms with Gasteiger partial charge in [0.2, 0.25) is 17.8 Å². The first-order valence-electron chi connectivity index (χ1n) is 30.6. The minimum atomic E-state index is -5.59. The van der Waals surface area contributed by atoms with E-state index in [-0.39, 0.29) is 69.4 Å². The highest BCUT2D eigenvalue weighted by Crippen LogP contribution is 2.55. The van der Waals surface area contributed by atoms with Crippen molar-refractivity contribution in [2.75, 3.05) is 61.7 Å². The van der Waals surface area contributed by atoms with E-state index in [1.165, 1.54) is 27.5 Å². The third kappa shape index (κ3) is 17.1. The van der Waals surface area contributed by atoms with Crippen LogP contribution in [0.25, 0.3) is 33.5 Å². The van der Waals surface area contributed by atoms with E-state index in [1.54, 1.807) is 0 Å². The topological polar surface area (TPSA) is 747 Å². The Labute approximate surface area is 581 Å². The first kappa shape index (κ1) is 75.4. The number of aliphatic hydroxyl groups is 1. The maximum absolute atomic E-state index is 14.3. The highest BCUT2D eigenvalue weighted by molar-refractivity contribution is 7.48.